The summed E-state index contributed by atoms with van der Waals surface area (Å²) in [5.74, 6) is -1.10. The summed E-state index contributed by atoms with van der Waals surface area (Å²) in [5.41, 5.74) is 0.0883. The summed E-state index contributed by atoms with van der Waals surface area (Å²) < 4.78 is 6.28. The molecule has 2 heterocycles. The van der Waals surface area contributed by atoms with Gasteiger partial charge in [0.15, 0.2) is 0 Å². The van der Waals surface area contributed by atoms with Gasteiger partial charge in [-0.05, 0) is 25.7 Å². The molecule has 0 aromatic rings. The Morgan fingerprint density at radius 2 is 2.14 bits per heavy atom. The average molecular weight is 296 g/mol. The highest BCUT2D eigenvalue weighted by Crippen LogP contribution is 2.43. The second kappa shape index (κ2) is 5.93. The number of carbonyl (C=O) groups is 2. The number of amides is 1. The van der Waals surface area contributed by atoms with Crippen molar-refractivity contribution in [3.05, 3.63) is 0 Å². The lowest BCUT2D eigenvalue weighted by Gasteiger charge is -2.36. The maximum atomic E-state index is 11.9. The number of hydrogen-bond donors (Lipinski definition) is 2. The van der Waals surface area contributed by atoms with Crippen molar-refractivity contribution in [3.63, 3.8) is 0 Å². The number of piperazine rings is 1. The number of ether oxygens (including phenoxy) is 1. The topological polar surface area (TPSA) is 78.9 Å². The summed E-state index contributed by atoms with van der Waals surface area (Å²) in [6.07, 6.45) is 6.96. The summed E-state index contributed by atoms with van der Waals surface area (Å²) in [6, 6.07) is -0.556. The molecular formula is C15H24N2O4. The molecule has 2 saturated heterocycles. The Balaban J connectivity index is 1.60. The van der Waals surface area contributed by atoms with Gasteiger partial charge in [0.1, 0.15) is 0 Å². The second-order valence-corrected chi connectivity index (χ2v) is 6.57. The third-order valence-electron chi connectivity index (χ3n) is 5.10. The van der Waals surface area contributed by atoms with E-state index in [-0.39, 0.29) is 24.0 Å². The van der Waals surface area contributed by atoms with Crippen LogP contribution in [0.3, 0.4) is 0 Å². The molecule has 2 atom stereocenters. The van der Waals surface area contributed by atoms with E-state index in [0.29, 0.717) is 19.6 Å². The smallest absolute Gasteiger partial charge is 0.305 e. The van der Waals surface area contributed by atoms with E-state index in [4.69, 9.17) is 9.84 Å². The van der Waals surface area contributed by atoms with E-state index in [9.17, 15) is 9.59 Å². The van der Waals surface area contributed by atoms with E-state index in [1.807, 2.05) is 4.90 Å². The highest BCUT2D eigenvalue weighted by atomic mass is 16.5. The van der Waals surface area contributed by atoms with E-state index in [0.717, 1.165) is 25.7 Å². The van der Waals surface area contributed by atoms with Gasteiger partial charge >= 0.3 is 5.97 Å². The maximum absolute atomic E-state index is 11.9. The van der Waals surface area contributed by atoms with Crippen molar-refractivity contribution >= 4 is 11.9 Å². The first-order valence-electron chi connectivity index (χ1n) is 7.99. The number of nitrogens with zero attached hydrogens (tertiary/aromatic N) is 1. The summed E-state index contributed by atoms with van der Waals surface area (Å²) >= 11 is 0. The van der Waals surface area contributed by atoms with Crippen molar-refractivity contribution in [2.45, 2.75) is 62.7 Å². The van der Waals surface area contributed by atoms with Crippen LogP contribution in [0.15, 0.2) is 0 Å². The number of carboxylic acids is 1. The van der Waals surface area contributed by atoms with Crippen LogP contribution >= 0.6 is 0 Å². The summed E-state index contributed by atoms with van der Waals surface area (Å²) in [6.45, 7) is 1.97. The Morgan fingerprint density at radius 1 is 1.38 bits per heavy atom. The van der Waals surface area contributed by atoms with Crippen LogP contribution in [0, 0.1) is 0 Å². The van der Waals surface area contributed by atoms with Gasteiger partial charge < -0.3 is 15.2 Å². The van der Waals surface area contributed by atoms with E-state index in [2.05, 4.69) is 5.32 Å². The van der Waals surface area contributed by atoms with Crippen molar-refractivity contribution in [2.24, 2.45) is 0 Å². The van der Waals surface area contributed by atoms with Gasteiger partial charge in [-0.2, -0.15) is 0 Å². The molecule has 3 rings (SSSR count). The zero-order valence-electron chi connectivity index (χ0n) is 12.3. The highest BCUT2D eigenvalue weighted by Gasteiger charge is 2.43. The van der Waals surface area contributed by atoms with Crippen LogP contribution < -0.4 is 5.32 Å². The third kappa shape index (κ3) is 3.21. The first kappa shape index (κ1) is 14.8. The molecule has 0 aromatic carbocycles. The van der Waals surface area contributed by atoms with Gasteiger partial charge in [-0.25, -0.2) is 0 Å². The van der Waals surface area contributed by atoms with Gasteiger partial charge in [0.25, 0.3) is 0 Å². The van der Waals surface area contributed by atoms with Crippen LogP contribution in [0.4, 0.5) is 0 Å². The minimum Gasteiger partial charge on any atom is -0.481 e. The van der Waals surface area contributed by atoms with Crippen molar-refractivity contribution < 1.29 is 19.4 Å². The van der Waals surface area contributed by atoms with Crippen molar-refractivity contribution in [3.8, 4) is 0 Å². The molecule has 3 aliphatic rings. The monoisotopic (exact) mass is 296 g/mol. The van der Waals surface area contributed by atoms with E-state index >= 15 is 0 Å². The van der Waals surface area contributed by atoms with Crippen molar-refractivity contribution in [1.82, 2.24) is 10.2 Å². The van der Waals surface area contributed by atoms with E-state index in [1.54, 1.807) is 0 Å². The second-order valence-electron chi connectivity index (χ2n) is 6.57. The van der Waals surface area contributed by atoms with Crippen LogP contribution in [0.5, 0.6) is 0 Å². The first-order valence-corrected chi connectivity index (χ1v) is 7.99. The fourth-order valence-electron chi connectivity index (χ4n) is 4.04. The summed E-state index contributed by atoms with van der Waals surface area (Å²) in [5, 5.41) is 11.7. The zero-order chi connectivity index (χ0) is 14.9. The Labute approximate surface area is 124 Å². The quantitative estimate of drug-likeness (QED) is 0.800. The van der Waals surface area contributed by atoms with Gasteiger partial charge in [-0.15, -0.1) is 0 Å². The number of carboxylic acid groups (broad SMARTS) is 1. The standard InChI is InChI=1S/C15H24N2O4/c18-13(19)9-12-14(20)16-7-8-17(12)10-11-3-6-15(21-11)4-1-2-5-15/h11-12H,1-10H2,(H,16,20)(H,18,19). The summed E-state index contributed by atoms with van der Waals surface area (Å²) in [7, 11) is 0. The predicted octanol–water partition coefficient (Wildman–Crippen LogP) is 0.753. The molecule has 1 spiro atoms. The van der Waals surface area contributed by atoms with E-state index < -0.39 is 12.0 Å². The largest absolute Gasteiger partial charge is 0.481 e. The number of hydrogen-bond acceptors (Lipinski definition) is 4. The van der Waals surface area contributed by atoms with Crippen LogP contribution in [0.25, 0.3) is 0 Å². The highest BCUT2D eigenvalue weighted by molar-refractivity contribution is 5.86. The average Bonchev–Trinajstić information content (AvgIpc) is 3.04. The van der Waals surface area contributed by atoms with Gasteiger partial charge in [0.2, 0.25) is 5.91 Å². The third-order valence-corrected chi connectivity index (χ3v) is 5.10. The minimum absolute atomic E-state index is 0.0883. The molecule has 1 saturated carbocycles. The van der Waals surface area contributed by atoms with Crippen LogP contribution in [-0.2, 0) is 14.3 Å². The number of rotatable bonds is 4. The predicted molar refractivity (Wildman–Crippen MR) is 75.9 cm³/mol. The number of nitrogens with one attached hydrogen (secondary N) is 1. The lowest BCUT2D eigenvalue weighted by atomic mass is 9.98. The maximum Gasteiger partial charge on any atom is 0.305 e. The van der Waals surface area contributed by atoms with Gasteiger partial charge in [-0.1, -0.05) is 12.8 Å². The Hall–Kier alpha value is -1.14. The lowest BCUT2D eigenvalue weighted by molar-refractivity contribution is -0.144. The zero-order valence-corrected chi connectivity index (χ0v) is 12.3. The fourth-order valence-corrected chi connectivity index (χ4v) is 4.04. The molecular weight excluding hydrogens is 272 g/mol. The van der Waals surface area contributed by atoms with Crippen molar-refractivity contribution in [1.29, 1.82) is 0 Å². The fraction of sp³-hybridized carbons (Fsp3) is 0.867. The molecule has 2 N–H and O–H groups in total. The van der Waals surface area contributed by atoms with Crippen molar-refractivity contribution in [2.75, 3.05) is 19.6 Å². The molecule has 118 valence electrons. The van der Waals surface area contributed by atoms with Gasteiger partial charge in [0, 0.05) is 19.6 Å². The number of aliphatic carboxylic acids is 1. The molecule has 0 radical (unpaired) electrons. The Bertz CT molecular complexity index is 420. The van der Waals surface area contributed by atoms with Crippen LogP contribution in [0.2, 0.25) is 0 Å². The minimum atomic E-state index is -0.929. The van der Waals surface area contributed by atoms with Gasteiger partial charge in [-0.3, -0.25) is 14.5 Å². The molecule has 21 heavy (non-hydrogen) atoms. The normalized spacial score (nSPS) is 32.5. The SMILES string of the molecule is O=C(O)CC1C(=O)NCCN1CC1CCC2(CCCC2)O1. The van der Waals surface area contributed by atoms with Crippen LogP contribution in [0.1, 0.15) is 44.9 Å². The Kier molecular flexibility index (Phi) is 4.17. The first-order chi connectivity index (χ1) is 10.1. The molecule has 0 aromatic heterocycles. The molecule has 0 bridgehead atoms. The van der Waals surface area contributed by atoms with E-state index in [1.165, 1.54) is 12.8 Å². The molecule has 6 nitrogen and oxygen atoms in total. The molecule has 2 aliphatic heterocycles. The Morgan fingerprint density at radius 3 is 2.86 bits per heavy atom. The number of carbonyl (C=O) groups excluding carboxylic acids is 1. The van der Waals surface area contributed by atoms with Gasteiger partial charge in [0.05, 0.1) is 24.2 Å². The lowest BCUT2D eigenvalue weighted by Crippen LogP contribution is -2.57. The molecule has 6 heteroatoms. The molecule has 1 aliphatic carbocycles. The molecule has 3 fully saturated rings. The molecule has 1 amide bonds. The molecule has 2 unspecified atom stereocenters. The summed E-state index contributed by atoms with van der Waals surface area (Å²) in [4.78, 5) is 24.9. The van der Waals surface area contributed by atoms with Crippen LogP contribution in [-0.4, -0.2) is 59.3 Å².